The molecule has 1 N–H and O–H groups in total. The van der Waals surface area contributed by atoms with E-state index in [2.05, 4.69) is 37.0 Å². The second-order valence-electron chi connectivity index (χ2n) is 7.46. The van der Waals surface area contributed by atoms with E-state index in [1.54, 1.807) is 12.1 Å². The second-order valence-corrected chi connectivity index (χ2v) is 9.57. The molecule has 1 aromatic heterocycles. The average Bonchev–Trinajstić information content (AvgIpc) is 2.73. The molecule has 0 aliphatic rings. The van der Waals surface area contributed by atoms with Gasteiger partial charge < -0.3 is 5.11 Å². The quantitative estimate of drug-likeness (QED) is 0.598. The van der Waals surface area contributed by atoms with Crippen LogP contribution in [0.1, 0.15) is 36.6 Å². The van der Waals surface area contributed by atoms with Crippen LogP contribution in [0.4, 0.5) is 0 Å². The van der Waals surface area contributed by atoms with Crippen molar-refractivity contribution in [2.24, 2.45) is 0 Å². The maximum absolute atomic E-state index is 12.1. The van der Waals surface area contributed by atoms with Crippen LogP contribution >= 0.6 is 0 Å². The molecule has 0 saturated heterocycles. The minimum atomic E-state index is -3.43. The molecule has 0 radical (unpaired) electrons. The van der Waals surface area contributed by atoms with E-state index >= 15 is 0 Å². The van der Waals surface area contributed by atoms with Crippen molar-refractivity contribution in [3.63, 3.8) is 0 Å². The summed E-state index contributed by atoms with van der Waals surface area (Å²) < 4.78 is 24.2. The molecule has 0 fully saturated rings. The normalized spacial score (nSPS) is 11.7. The third kappa shape index (κ3) is 5.31. The Bertz CT molecular complexity index is 1040. The van der Waals surface area contributed by atoms with E-state index in [-0.39, 0.29) is 17.3 Å². The van der Waals surface area contributed by atoms with E-state index in [0.29, 0.717) is 5.92 Å². The maximum atomic E-state index is 12.1. The molecule has 2 aromatic carbocycles. The lowest BCUT2D eigenvalue weighted by Gasteiger charge is -2.15. The number of aliphatic hydroxyl groups excluding tert-OH is 1. The molecule has 0 atom stereocenters. The van der Waals surface area contributed by atoms with Gasteiger partial charge in [-0.15, -0.1) is 0 Å². The molecule has 0 amide bonds. The van der Waals surface area contributed by atoms with E-state index in [1.807, 2.05) is 36.5 Å². The summed E-state index contributed by atoms with van der Waals surface area (Å²) in [5.41, 5.74) is 5.73. The van der Waals surface area contributed by atoms with Gasteiger partial charge in [0, 0.05) is 11.9 Å². The van der Waals surface area contributed by atoms with Crippen LogP contribution in [0, 0.1) is 0 Å². The zero-order chi connectivity index (χ0) is 20.9. The lowest BCUT2D eigenvalue weighted by molar-refractivity contribution is 0.319. The summed E-state index contributed by atoms with van der Waals surface area (Å²) >= 11 is 0. The first kappa shape index (κ1) is 21.2. The number of aromatic nitrogens is 1. The van der Waals surface area contributed by atoms with E-state index < -0.39 is 9.84 Å². The summed E-state index contributed by atoms with van der Waals surface area (Å²) in [6.07, 6.45) is 3.60. The Kier molecular flexibility index (Phi) is 6.83. The Morgan fingerprint density at radius 1 is 0.931 bits per heavy atom. The zero-order valence-electron chi connectivity index (χ0n) is 16.9. The summed E-state index contributed by atoms with van der Waals surface area (Å²) in [6, 6.07) is 19.3. The molecule has 0 aliphatic heterocycles. The van der Waals surface area contributed by atoms with Crippen LogP contribution in [0.2, 0.25) is 0 Å². The summed E-state index contributed by atoms with van der Waals surface area (Å²) in [6.45, 7) is 4.01. The molecular formula is C24H27NO3S. The first-order valence-corrected chi connectivity index (χ1v) is 11.5. The number of hydrogen-bond donors (Lipinski definition) is 1. The van der Waals surface area contributed by atoms with E-state index in [9.17, 15) is 8.42 Å². The Morgan fingerprint density at radius 3 is 2.28 bits per heavy atom. The van der Waals surface area contributed by atoms with Gasteiger partial charge in [-0.2, -0.15) is 0 Å². The van der Waals surface area contributed by atoms with Crippen LogP contribution in [-0.4, -0.2) is 30.9 Å². The van der Waals surface area contributed by atoms with Crippen molar-refractivity contribution in [1.29, 1.82) is 0 Å². The van der Waals surface area contributed by atoms with Gasteiger partial charge in [-0.3, -0.25) is 4.98 Å². The van der Waals surface area contributed by atoms with E-state index in [1.165, 1.54) is 11.1 Å². The number of rotatable bonds is 8. The number of aryl methyl sites for hydroxylation is 2. The van der Waals surface area contributed by atoms with Gasteiger partial charge in [0.05, 0.1) is 17.3 Å². The zero-order valence-corrected chi connectivity index (χ0v) is 17.7. The van der Waals surface area contributed by atoms with Crippen molar-refractivity contribution in [3.05, 3.63) is 83.7 Å². The van der Waals surface area contributed by atoms with Crippen LogP contribution in [0.5, 0.6) is 0 Å². The molecule has 0 unspecified atom stereocenters. The van der Waals surface area contributed by atoms with Gasteiger partial charge in [0.2, 0.25) is 0 Å². The molecule has 0 aliphatic carbocycles. The average molecular weight is 410 g/mol. The van der Waals surface area contributed by atoms with Gasteiger partial charge in [-0.05, 0) is 65.3 Å². The van der Waals surface area contributed by atoms with Crippen LogP contribution < -0.4 is 0 Å². The third-order valence-electron chi connectivity index (χ3n) is 5.05. The van der Waals surface area contributed by atoms with Crippen LogP contribution in [-0.2, 0) is 22.7 Å². The highest BCUT2D eigenvalue weighted by atomic mass is 32.2. The lowest BCUT2D eigenvalue weighted by atomic mass is 9.90. The highest BCUT2D eigenvalue weighted by Gasteiger charge is 2.14. The highest BCUT2D eigenvalue weighted by Crippen LogP contribution is 2.28. The lowest BCUT2D eigenvalue weighted by Crippen LogP contribution is -2.09. The number of hydrogen-bond acceptors (Lipinski definition) is 4. The van der Waals surface area contributed by atoms with Gasteiger partial charge in [0.15, 0.2) is 9.84 Å². The van der Waals surface area contributed by atoms with Crippen molar-refractivity contribution in [1.82, 2.24) is 4.98 Å². The molecule has 29 heavy (non-hydrogen) atoms. The van der Waals surface area contributed by atoms with Crippen molar-refractivity contribution in [2.45, 2.75) is 37.5 Å². The number of sulfone groups is 1. The summed E-state index contributed by atoms with van der Waals surface area (Å²) in [5, 5.41) is 8.95. The van der Waals surface area contributed by atoms with Crippen molar-refractivity contribution >= 4 is 9.84 Å². The molecule has 0 saturated carbocycles. The number of nitrogens with zero attached hydrogens (tertiary/aromatic N) is 1. The molecule has 0 bridgehead atoms. The molecule has 3 aromatic rings. The third-order valence-corrected chi connectivity index (χ3v) is 6.76. The standard InChI is InChI=1S/C24H27NO3S/c1-18(2)24-13-9-20(17-21(24)6-10-22-5-3-4-14-25-22)19-7-11-23(12-8-19)29(27,28)16-15-26/h3-5,7-9,11-14,17-18,26H,6,10,15-16H2,1-2H3. The minimum Gasteiger partial charge on any atom is -0.395 e. The Morgan fingerprint density at radius 2 is 1.66 bits per heavy atom. The summed E-state index contributed by atoms with van der Waals surface area (Å²) in [5.74, 6) is 0.168. The van der Waals surface area contributed by atoms with Gasteiger partial charge in [0.1, 0.15) is 0 Å². The first-order chi connectivity index (χ1) is 13.9. The van der Waals surface area contributed by atoms with Crippen LogP contribution in [0.15, 0.2) is 71.8 Å². The number of pyridine rings is 1. The van der Waals surface area contributed by atoms with Gasteiger partial charge in [-0.1, -0.05) is 50.2 Å². The van der Waals surface area contributed by atoms with E-state index in [0.717, 1.165) is 29.7 Å². The molecule has 3 rings (SSSR count). The summed E-state index contributed by atoms with van der Waals surface area (Å²) in [7, 11) is -3.43. The van der Waals surface area contributed by atoms with Crippen molar-refractivity contribution in [2.75, 3.05) is 12.4 Å². The molecular weight excluding hydrogens is 382 g/mol. The van der Waals surface area contributed by atoms with Crippen molar-refractivity contribution < 1.29 is 13.5 Å². The topological polar surface area (TPSA) is 67.3 Å². The van der Waals surface area contributed by atoms with Gasteiger partial charge in [-0.25, -0.2) is 8.42 Å². The predicted octanol–water partition coefficient (Wildman–Crippen LogP) is 4.42. The molecule has 4 nitrogen and oxygen atoms in total. The second kappa shape index (κ2) is 9.33. The fraction of sp³-hybridized carbons (Fsp3) is 0.292. The molecule has 1 heterocycles. The largest absolute Gasteiger partial charge is 0.395 e. The smallest absolute Gasteiger partial charge is 0.180 e. The van der Waals surface area contributed by atoms with Crippen LogP contribution in [0.3, 0.4) is 0 Å². The molecule has 0 spiro atoms. The van der Waals surface area contributed by atoms with Gasteiger partial charge in [0.25, 0.3) is 0 Å². The highest BCUT2D eigenvalue weighted by molar-refractivity contribution is 7.91. The number of aliphatic hydroxyl groups is 1. The predicted molar refractivity (Wildman–Crippen MR) is 117 cm³/mol. The van der Waals surface area contributed by atoms with Crippen molar-refractivity contribution in [3.8, 4) is 11.1 Å². The first-order valence-electron chi connectivity index (χ1n) is 9.87. The Labute approximate surface area is 173 Å². The SMILES string of the molecule is CC(C)c1ccc(-c2ccc(S(=O)(=O)CCO)cc2)cc1CCc1ccccn1. The molecule has 5 heteroatoms. The molecule has 152 valence electrons. The van der Waals surface area contributed by atoms with Gasteiger partial charge >= 0.3 is 0 Å². The van der Waals surface area contributed by atoms with E-state index in [4.69, 9.17) is 5.11 Å². The fourth-order valence-electron chi connectivity index (χ4n) is 3.47. The number of benzene rings is 2. The monoisotopic (exact) mass is 409 g/mol. The fourth-order valence-corrected chi connectivity index (χ4v) is 4.49. The Balaban J connectivity index is 1.88. The Hall–Kier alpha value is -2.50. The maximum Gasteiger partial charge on any atom is 0.180 e. The summed E-state index contributed by atoms with van der Waals surface area (Å²) in [4.78, 5) is 4.66. The van der Waals surface area contributed by atoms with Crippen LogP contribution in [0.25, 0.3) is 11.1 Å². The minimum absolute atomic E-state index is 0.240.